The Morgan fingerprint density at radius 2 is 2.13 bits per heavy atom. The van der Waals surface area contributed by atoms with Crippen molar-refractivity contribution >= 4 is 0 Å². The van der Waals surface area contributed by atoms with Gasteiger partial charge in [0.15, 0.2) is 0 Å². The fraction of sp³-hybridized carbons (Fsp3) is 0.455. The van der Waals surface area contributed by atoms with Crippen molar-refractivity contribution in [2.24, 2.45) is 5.73 Å². The first-order valence-corrected chi connectivity index (χ1v) is 4.77. The summed E-state index contributed by atoms with van der Waals surface area (Å²) in [7, 11) is 1.59. The van der Waals surface area contributed by atoms with Gasteiger partial charge in [-0.1, -0.05) is 0 Å². The lowest BCUT2D eigenvalue weighted by Gasteiger charge is -2.13. The van der Waals surface area contributed by atoms with Gasteiger partial charge in [0.2, 0.25) is 0 Å². The molecule has 1 unspecified atom stereocenters. The summed E-state index contributed by atoms with van der Waals surface area (Å²) in [5.74, 6) is 0.393. The van der Waals surface area contributed by atoms with Gasteiger partial charge in [0.1, 0.15) is 18.2 Å². The zero-order valence-electron chi connectivity index (χ0n) is 9.00. The predicted molar refractivity (Wildman–Crippen MR) is 56.5 cm³/mol. The van der Waals surface area contributed by atoms with Gasteiger partial charge in [0.05, 0.1) is 12.6 Å². The first kappa shape index (κ1) is 11.9. The largest absolute Gasteiger partial charge is 0.492 e. The summed E-state index contributed by atoms with van der Waals surface area (Å²) in [6.45, 7) is 2.60. The van der Waals surface area contributed by atoms with Crippen molar-refractivity contribution in [3.8, 4) is 5.75 Å². The monoisotopic (exact) mass is 213 g/mol. The lowest BCUT2D eigenvalue weighted by Crippen LogP contribution is -2.32. The lowest BCUT2D eigenvalue weighted by molar-refractivity contribution is 0.152. The minimum absolute atomic E-state index is 0.167. The van der Waals surface area contributed by atoms with E-state index in [1.54, 1.807) is 20.1 Å². The van der Waals surface area contributed by atoms with Crippen molar-refractivity contribution in [2.75, 3.05) is 20.3 Å². The molecule has 1 rings (SSSR count). The molecule has 84 valence electrons. The first-order valence-electron chi connectivity index (χ1n) is 4.77. The molecule has 0 amide bonds. The van der Waals surface area contributed by atoms with E-state index in [1.165, 1.54) is 12.1 Å². The highest BCUT2D eigenvalue weighted by Crippen LogP contribution is 2.18. The van der Waals surface area contributed by atoms with Crippen LogP contribution in [0.25, 0.3) is 0 Å². The molecule has 0 saturated carbocycles. The molecule has 0 saturated heterocycles. The number of methoxy groups -OCH3 is 1. The van der Waals surface area contributed by atoms with Crippen molar-refractivity contribution in [1.82, 2.24) is 0 Å². The van der Waals surface area contributed by atoms with Gasteiger partial charge in [0.25, 0.3) is 0 Å². The van der Waals surface area contributed by atoms with Crippen LogP contribution in [0.3, 0.4) is 0 Å². The molecule has 3 nitrogen and oxygen atoms in total. The Labute approximate surface area is 89.0 Å². The number of rotatable bonds is 5. The van der Waals surface area contributed by atoms with Gasteiger partial charge in [-0.25, -0.2) is 4.39 Å². The number of aryl methyl sites for hydroxylation is 1. The van der Waals surface area contributed by atoms with E-state index in [0.717, 1.165) is 5.56 Å². The summed E-state index contributed by atoms with van der Waals surface area (Å²) in [5, 5.41) is 0. The molecular weight excluding hydrogens is 197 g/mol. The predicted octanol–water partition coefficient (Wildman–Crippen LogP) is 1.49. The van der Waals surface area contributed by atoms with Gasteiger partial charge in [-0.15, -0.1) is 0 Å². The topological polar surface area (TPSA) is 44.5 Å². The van der Waals surface area contributed by atoms with Crippen LogP contribution in [0, 0.1) is 12.7 Å². The van der Waals surface area contributed by atoms with E-state index in [4.69, 9.17) is 15.2 Å². The van der Waals surface area contributed by atoms with E-state index in [0.29, 0.717) is 19.0 Å². The standard InChI is InChI=1S/C11H16FNO2/c1-8-5-9(12)3-4-11(8)15-7-10(13)6-14-2/h3-5,10H,6-7,13H2,1-2H3. The minimum Gasteiger partial charge on any atom is -0.492 e. The zero-order valence-corrected chi connectivity index (χ0v) is 9.00. The van der Waals surface area contributed by atoms with E-state index < -0.39 is 0 Å². The average Bonchev–Trinajstić information content (AvgIpc) is 2.17. The molecule has 2 N–H and O–H groups in total. The molecule has 0 heterocycles. The normalized spacial score (nSPS) is 12.5. The highest BCUT2D eigenvalue weighted by Gasteiger charge is 2.05. The van der Waals surface area contributed by atoms with Crippen LogP contribution in [0.15, 0.2) is 18.2 Å². The van der Waals surface area contributed by atoms with Crippen molar-refractivity contribution < 1.29 is 13.9 Å². The number of halogens is 1. The SMILES string of the molecule is COCC(N)COc1ccc(F)cc1C. The van der Waals surface area contributed by atoms with Gasteiger partial charge in [0, 0.05) is 7.11 Å². The quantitative estimate of drug-likeness (QED) is 0.805. The molecule has 15 heavy (non-hydrogen) atoms. The van der Waals surface area contributed by atoms with Crippen molar-refractivity contribution in [3.63, 3.8) is 0 Å². The Morgan fingerprint density at radius 1 is 1.40 bits per heavy atom. The Balaban J connectivity index is 2.50. The molecule has 4 heteroatoms. The van der Waals surface area contributed by atoms with Gasteiger partial charge in [-0.05, 0) is 30.7 Å². The summed E-state index contributed by atoms with van der Waals surface area (Å²) in [6.07, 6.45) is 0. The third-order valence-electron chi connectivity index (χ3n) is 1.97. The van der Waals surface area contributed by atoms with Crippen LogP contribution in [0.4, 0.5) is 4.39 Å². The number of benzene rings is 1. The Morgan fingerprint density at radius 3 is 2.73 bits per heavy atom. The summed E-state index contributed by atoms with van der Waals surface area (Å²) >= 11 is 0. The fourth-order valence-electron chi connectivity index (χ4n) is 1.23. The number of nitrogens with two attached hydrogens (primary N) is 1. The van der Waals surface area contributed by atoms with E-state index in [9.17, 15) is 4.39 Å². The number of hydrogen-bond acceptors (Lipinski definition) is 3. The average molecular weight is 213 g/mol. The van der Waals surface area contributed by atoms with Crippen molar-refractivity contribution in [1.29, 1.82) is 0 Å². The van der Waals surface area contributed by atoms with Crippen molar-refractivity contribution in [3.05, 3.63) is 29.6 Å². The fourth-order valence-corrected chi connectivity index (χ4v) is 1.23. The molecular formula is C11H16FNO2. The number of hydrogen-bond donors (Lipinski definition) is 1. The summed E-state index contributed by atoms with van der Waals surface area (Å²) in [5.41, 5.74) is 6.45. The van der Waals surface area contributed by atoms with E-state index >= 15 is 0 Å². The molecule has 0 aromatic heterocycles. The smallest absolute Gasteiger partial charge is 0.123 e. The second-order valence-corrected chi connectivity index (χ2v) is 3.44. The van der Waals surface area contributed by atoms with Gasteiger partial charge < -0.3 is 15.2 Å². The van der Waals surface area contributed by atoms with Crippen LogP contribution >= 0.6 is 0 Å². The van der Waals surface area contributed by atoms with E-state index in [1.807, 2.05) is 0 Å². The third kappa shape index (κ3) is 3.85. The Kier molecular flexibility index (Phi) is 4.52. The number of ether oxygens (including phenoxy) is 2. The summed E-state index contributed by atoms with van der Waals surface area (Å²) < 4.78 is 23.1. The molecule has 1 atom stereocenters. The molecule has 1 aromatic rings. The Hall–Kier alpha value is -1.13. The van der Waals surface area contributed by atoms with E-state index in [-0.39, 0.29) is 11.9 Å². The van der Waals surface area contributed by atoms with Gasteiger partial charge >= 0.3 is 0 Å². The van der Waals surface area contributed by atoms with Gasteiger partial charge in [-0.2, -0.15) is 0 Å². The molecule has 0 radical (unpaired) electrons. The molecule has 0 aliphatic rings. The molecule has 0 aliphatic carbocycles. The summed E-state index contributed by atoms with van der Waals surface area (Å²) in [4.78, 5) is 0. The zero-order chi connectivity index (χ0) is 11.3. The van der Waals surface area contributed by atoms with Crippen LogP contribution in [0.2, 0.25) is 0 Å². The highest BCUT2D eigenvalue weighted by molar-refractivity contribution is 5.32. The van der Waals surface area contributed by atoms with Crippen LogP contribution in [-0.2, 0) is 4.74 Å². The molecule has 0 aliphatic heterocycles. The van der Waals surface area contributed by atoms with Crippen LogP contribution in [-0.4, -0.2) is 26.4 Å². The van der Waals surface area contributed by atoms with Crippen LogP contribution < -0.4 is 10.5 Å². The second-order valence-electron chi connectivity index (χ2n) is 3.44. The molecule has 1 aromatic carbocycles. The maximum absolute atomic E-state index is 12.8. The summed E-state index contributed by atoms with van der Waals surface area (Å²) in [6, 6.07) is 4.23. The lowest BCUT2D eigenvalue weighted by atomic mass is 10.2. The van der Waals surface area contributed by atoms with Crippen LogP contribution in [0.5, 0.6) is 5.75 Å². The van der Waals surface area contributed by atoms with E-state index in [2.05, 4.69) is 0 Å². The first-order chi connectivity index (χ1) is 7.13. The van der Waals surface area contributed by atoms with Gasteiger partial charge in [-0.3, -0.25) is 0 Å². The molecule has 0 spiro atoms. The third-order valence-corrected chi connectivity index (χ3v) is 1.97. The maximum Gasteiger partial charge on any atom is 0.123 e. The minimum atomic E-state index is -0.263. The van der Waals surface area contributed by atoms with Crippen molar-refractivity contribution in [2.45, 2.75) is 13.0 Å². The maximum atomic E-state index is 12.8. The second kappa shape index (κ2) is 5.68. The molecule has 0 fully saturated rings. The Bertz CT molecular complexity index is 317. The van der Waals surface area contributed by atoms with Crippen LogP contribution in [0.1, 0.15) is 5.56 Å². The molecule has 0 bridgehead atoms. The highest BCUT2D eigenvalue weighted by atomic mass is 19.1.